The quantitative estimate of drug-likeness (QED) is 0.753. The maximum atomic E-state index is 5.58. The highest BCUT2D eigenvalue weighted by molar-refractivity contribution is 5.82. The Hall–Kier alpha value is -3.13. The maximum Gasteiger partial charge on any atom is 0.201 e. The average Bonchev–Trinajstić information content (AvgIpc) is 2.85. The molecule has 0 atom stereocenters. The lowest BCUT2D eigenvalue weighted by Crippen LogP contribution is -2.53. The molecule has 4 heterocycles. The van der Waals surface area contributed by atoms with Crippen LogP contribution in [0.3, 0.4) is 0 Å². The first kappa shape index (κ1) is 19.8. The molecule has 3 aliphatic heterocycles. The molecule has 0 saturated carbocycles. The topological polar surface area (TPSA) is 60.3 Å². The van der Waals surface area contributed by atoms with Gasteiger partial charge in [-0.3, -0.25) is 0 Å². The molecule has 31 heavy (non-hydrogen) atoms. The van der Waals surface area contributed by atoms with E-state index in [9.17, 15) is 0 Å². The molecule has 1 aromatic carbocycles. The van der Waals surface area contributed by atoms with Crippen LogP contribution in [0.2, 0.25) is 0 Å². The van der Waals surface area contributed by atoms with Gasteiger partial charge in [-0.25, -0.2) is 4.99 Å². The summed E-state index contributed by atoms with van der Waals surface area (Å²) >= 11 is 0. The number of piperazine rings is 1. The number of rotatable bonds is 3. The molecule has 5 rings (SSSR count). The van der Waals surface area contributed by atoms with E-state index in [4.69, 9.17) is 9.84 Å². The highest BCUT2D eigenvalue weighted by atomic mass is 16.5. The summed E-state index contributed by atoms with van der Waals surface area (Å²) < 4.78 is 5.58. The summed E-state index contributed by atoms with van der Waals surface area (Å²) in [6.07, 6.45) is 3.99. The first-order valence-corrected chi connectivity index (χ1v) is 11.0. The third-order valence-corrected chi connectivity index (χ3v) is 6.06. The highest BCUT2D eigenvalue weighted by Gasteiger charge is 2.25. The number of nitrogens with zero attached hydrogens (tertiary/aromatic N) is 7. The van der Waals surface area contributed by atoms with E-state index >= 15 is 0 Å². The Morgan fingerprint density at radius 1 is 0.839 bits per heavy atom. The molecule has 0 unspecified atom stereocenters. The van der Waals surface area contributed by atoms with Crippen molar-refractivity contribution in [1.82, 2.24) is 20.0 Å². The Morgan fingerprint density at radius 3 is 2.32 bits per heavy atom. The number of guanidine groups is 1. The molecule has 0 radical (unpaired) electrons. The van der Waals surface area contributed by atoms with Crippen molar-refractivity contribution >= 4 is 17.5 Å². The highest BCUT2D eigenvalue weighted by Crippen LogP contribution is 2.32. The summed E-state index contributed by atoms with van der Waals surface area (Å²) in [5, 5.41) is 9.33. The van der Waals surface area contributed by atoms with Crippen LogP contribution in [0.5, 0.6) is 0 Å². The van der Waals surface area contributed by atoms with Crippen LogP contribution in [-0.4, -0.2) is 92.0 Å². The number of ether oxygens (including phenoxy) is 1. The molecule has 0 spiro atoms. The van der Waals surface area contributed by atoms with E-state index in [0.29, 0.717) is 0 Å². The summed E-state index contributed by atoms with van der Waals surface area (Å²) in [6, 6.07) is 12.5. The zero-order chi connectivity index (χ0) is 21.0. The number of aliphatic imine (C=N–C) groups is 1. The molecular weight excluding hydrogens is 390 g/mol. The molecule has 8 heteroatoms. The minimum absolute atomic E-state index is 0.745. The van der Waals surface area contributed by atoms with Gasteiger partial charge in [-0.15, -0.1) is 10.2 Å². The van der Waals surface area contributed by atoms with Gasteiger partial charge in [-0.05, 0) is 6.08 Å². The van der Waals surface area contributed by atoms with Crippen molar-refractivity contribution in [3.63, 3.8) is 0 Å². The molecular formula is C23H29N7O. The summed E-state index contributed by atoms with van der Waals surface area (Å²) in [4.78, 5) is 13.8. The van der Waals surface area contributed by atoms with Gasteiger partial charge in [-0.2, -0.15) is 0 Å². The van der Waals surface area contributed by atoms with E-state index in [1.165, 1.54) is 0 Å². The van der Waals surface area contributed by atoms with Gasteiger partial charge in [0.2, 0.25) is 5.96 Å². The van der Waals surface area contributed by atoms with Crippen LogP contribution in [0.1, 0.15) is 0 Å². The SMILES string of the molecule is CN1CC=CN=C1N1CCN(c2cc(N3CCOCC3)c(-c3ccccc3)nn2)CC1. The van der Waals surface area contributed by atoms with Gasteiger partial charge in [-0.1, -0.05) is 30.3 Å². The number of aromatic nitrogens is 2. The van der Waals surface area contributed by atoms with Crippen LogP contribution in [0, 0.1) is 0 Å². The Bertz CT molecular complexity index is 948. The van der Waals surface area contributed by atoms with Gasteiger partial charge in [0.25, 0.3) is 0 Å². The molecule has 2 aromatic rings. The van der Waals surface area contributed by atoms with Gasteiger partial charge < -0.3 is 24.3 Å². The molecule has 8 nitrogen and oxygen atoms in total. The lowest BCUT2D eigenvalue weighted by atomic mass is 10.1. The van der Waals surface area contributed by atoms with Crippen LogP contribution in [0.15, 0.2) is 53.7 Å². The average molecular weight is 420 g/mol. The normalized spacial score (nSPS) is 19.6. The Morgan fingerprint density at radius 2 is 1.58 bits per heavy atom. The molecule has 3 aliphatic rings. The van der Waals surface area contributed by atoms with Gasteiger partial charge >= 0.3 is 0 Å². The second-order valence-corrected chi connectivity index (χ2v) is 8.07. The van der Waals surface area contributed by atoms with E-state index < -0.39 is 0 Å². The van der Waals surface area contributed by atoms with Crippen LogP contribution >= 0.6 is 0 Å². The van der Waals surface area contributed by atoms with Crippen molar-refractivity contribution in [3.05, 3.63) is 48.7 Å². The fourth-order valence-corrected chi connectivity index (χ4v) is 4.34. The monoisotopic (exact) mass is 419 g/mol. The Balaban J connectivity index is 1.37. The molecule has 2 fully saturated rings. The summed E-state index contributed by atoms with van der Waals surface area (Å²) in [7, 11) is 2.09. The molecule has 0 N–H and O–H groups in total. The van der Waals surface area contributed by atoms with Crippen LogP contribution in [-0.2, 0) is 4.74 Å². The van der Waals surface area contributed by atoms with Crippen molar-refractivity contribution in [3.8, 4) is 11.3 Å². The van der Waals surface area contributed by atoms with E-state index in [1.54, 1.807) is 0 Å². The van der Waals surface area contributed by atoms with Crippen molar-refractivity contribution < 1.29 is 4.74 Å². The van der Waals surface area contributed by atoms with Crippen LogP contribution < -0.4 is 9.80 Å². The molecule has 1 aromatic heterocycles. The lowest BCUT2D eigenvalue weighted by molar-refractivity contribution is 0.122. The predicted molar refractivity (Wildman–Crippen MR) is 123 cm³/mol. The summed E-state index contributed by atoms with van der Waals surface area (Å²) in [5.41, 5.74) is 3.18. The summed E-state index contributed by atoms with van der Waals surface area (Å²) in [5.74, 6) is 2.00. The number of benzene rings is 1. The Kier molecular flexibility index (Phi) is 5.71. The van der Waals surface area contributed by atoms with E-state index in [-0.39, 0.29) is 0 Å². The first-order valence-electron chi connectivity index (χ1n) is 11.0. The fraction of sp³-hybridized carbons (Fsp3) is 0.435. The molecule has 0 aliphatic carbocycles. The van der Waals surface area contributed by atoms with Gasteiger partial charge in [0.05, 0.1) is 18.9 Å². The van der Waals surface area contributed by atoms with E-state index in [2.05, 4.69) is 61.0 Å². The van der Waals surface area contributed by atoms with E-state index in [0.717, 1.165) is 87.7 Å². The van der Waals surface area contributed by atoms with Gasteiger partial charge in [0.1, 0.15) is 5.69 Å². The minimum atomic E-state index is 0.745. The number of morpholine rings is 1. The maximum absolute atomic E-state index is 5.58. The van der Waals surface area contributed by atoms with Crippen molar-refractivity contribution in [2.75, 3.05) is 75.9 Å². The van der Waals surface area contributed by atoms with Gasteiger partial charge in [0.15, 0.2) is 5.82 Å². The zero-order valence-corrected chi connectivity index (χ0v) is 18.0. The second-order valence-electron chi connectivity index (χ2n) is 8.07. The van der Waals surface area contributed by atoms with Crippen molar-refractivity contribution in [2.24, 2.45) is 4.99 Å². The lowest BCUT2D eigenvalue weighted by Gasteiger charge is -2.40. The van der Waals surface area contributed by atoms with Gasteiger partial charge in [0, 0.05) is 70.7 Å². The standard InChI is InChI=1S/C23H29N7O/c1-27-9-5-8-24-23(27)30-12-10-29(11-13-30)21-18-20(28-14-16-31-17-15-28)22(26-25-21)19-6-3-2-4-7-19/h2-8,18H,9-17H2,1H3. The molecule has 0 amide bonds. The van der Waals surface area contributed by atoms with E-state index in [1.807, 2.05) is 24.4 Å². The number of hydrogen-bond donors (Lipinski definition) is 0. The van der Waals surface area contributed by atoms with Crippen LogP contribution in [0.4, 0.5) is 11.5 Å². The van der Waals surface area contributed by atoms with Crippen molar-refractivity contribution in [1.29, 1.82) is 0 Å². The molecule has 0 bridgehead atoms. The zero-order valence-electron chi connectivity index (χ0n) is 18.0. The largest absolute Gasteiger partial charge is 0.378 e. The summed E-state index contributed by atoms with van der Waals surface area (Å²) in [6.45, 7) is 7.80. The number of likely N-dealkylation sites (N-methyl/N-ethyl adjacent to an activating group) is 1. The number of hydrogen-bond acceptors (Lipinski definition) is 8. The number of anilines is 2. The first-order chi connectivity index (χ1) is 15.3. The third kappa shape index (κ3) is 4.20. The minimum Gasteiger partial charge on any atom is -0.378 e. The Labute approximate surface area is 183 Å². The van der Waals surface area contributed by atoms with Crippen LogP contribution in [0.25, 0.3) is 11.3 Å². The molecule has 162 valence electrons. The third-order valence-electron chi connectivity index (χ3n) is 6.06. The smallest absolute Gasteiger partial charge is 0.201 e. The second kappa shape index (κ2) is 8.93. The predicted octanol–water partition coefficient (Wildman–Crippen LogP) is 1.92. The van der Waals surface area contributed by atoms with Crippen molar-refractivity contribution in [2.45, 2.75) is 0 Å². The fourth-order valence-electron chi connectivity index (χ4n) is 4.34. The molecule has 2 saturated heterocycles.